The highest BCUT2D eigenvalue weighted by atomic mass is 32.1. The zero-order chi connectivity index (χ0) is 14.8. The van der Waals surface area contributed by atoms with E-state index in [1.54, 1.807) is 0 Å². The molecule has 1 aromatic heterocycles. The van der Waals surface area contributed by atoms with E-state index in [2.05, 4.69) is 16.5 Å². The third-order valence-electron chi connectivity index (χ3n) is 4.08. The summed E-state index contributed by atoms with van der Waals surface area (Å²) in [6.45, 7) is 5.97. The fraction of sp³-hybridized carbons (Fsp3) is 0.438. The second kappa shape index (κ2) is 5.93. The van der Waals surface area contributed by atoms with Gasteiger partial charge < -0.3 is 4.90 Å². The Morgan fingerprint density at radius 1 is 1.24 bits per heavy atom. The molecule has 1 fully saturated rings. The summed E-state index contributed by atoms with van der Waals surface area (Å²) >= 11 is 1.20. The lowest BCUT2D eigenvalue weighted by atomic mass is 9.99. The smallest absolute Gasteiger partial charge is 0.267 e. The van der Waals surface area contributed by atoms with Gasteiger partial charge in [-0.25, -0.2) is 0 Å². The molecular weight excluding hydrogens is 282 g/mol. The average Bonchev–Trinajstić information content (AvgIpc) is 2.97. The number of benzene rings is 1. The third-order valence-corrected chi connectivity index (χ3v) is 4.79. The van der Waals surface area contributed by atoms with Gasteiger partial charge in [0.15, 0.2) is 0 Å². The Kier molecular flexibility index (Phi) is 4.01. The highest BCUT2D eigenvalue weighted by Gasteiger charge is 2.26. The molecule has 1 saturated heterocycles. The van der Waals surface area contributed by atoms with Crippen LogP contribution in [0.5, 0.6) is 0 Å². The molecule has 3 rings (SSSR count). The predicted molar refractivity (Wildman–Crippen MR) is 84.4 cm³/mol. The second-order valence-corrected chi connectivity index (χ2v) is 6.55. The summed E-state index contributed by atoms with van der Waals surface area (Å²) in [5.41, 5.74) is 2.87. The van der Waals surface area contributed by atoms with Crippen molar-refractivity contribution in [2.24, 2.45) is 5.92 Å². The van der Waals surface area contributed by atoms with Crippen molar-refractivity contribution in [2.75, 3.05) is 13.1 Å². The standard InChI is InChI=1S/C16H19N3OS/c1-11-3-5-13(6-4-11)14-15(21-18-17-14)16(20)19-9-7-12(2)8-10-19/h3-6,12H,7-10H2,1-2H3. The third kappa shape index (κ3) is 2.97. The monoisotopic (exact) mass is 301 g/mol. The van der Waals surface area contributed by atoms with Crippen molar-refractivity contribution in [1.29, 1.82) is 0 Å². The van der Waals surface area contributed by atoms with Crippen molar-refractivity contribution in [2.45, 2.75) is 26.7 Å². The van der Waals surface area contributed by atoms with Gasteiger partial charge in [-0.2, -0.15) is 0 Å². The minimum Gasteiger partial charge on any atom is -0.338 e. The lowest BCUT2D eigenvalue weighted by Gasteiger charge is -2.29. The largest absolute Gasteiger partial charge is 0.338 e. The van der Waals surface area contributed by atoms with E-state index >= 15 is 0 Å². The number of hydrogen-bond donors (Lipinski definition) is 0. The van der Waals surface area contributed by atoms with Gasteiger partial charge in [-0.3, -0.25) is 4.79 Å². The van der Waals surface area contributed by atoms with Gasteiger partial charge in [0, 0.05) is 18.7 Å². The Morgan fingerprint density at radius 2 is 1.90 bits per heavy atom. The predicted octanol–water partition coefficient (Wildman–Crippen LogP) is 3.39. The molecule has 4 nitrogen and oxygen atoms in total. The van der Waals surface area contributed by atoms with Gasteiger partial charge in [0.2, 0.25) is 0 Å². The van der Waals surface area contributed by atoms with Crippen molar-refractivity contribution >= 4 is 17.4 Å². The van der Waals surface area contributed by atoms with E-state index in [0.29, 0.717) is 16.5 Å². The van der Waals surface area contributed by atoms with E-state index in [-0.39, 0.29) is 5.91 Å². The van der Waals surface area contributed by atoms with Crippen LogP contribution in [0.4, 0.5) is 0 Å². The molecule has 2 aromatic rings. The van der Waals surface area contributed by atoms with Crippen LogP contribution >= 0.6 is 11.5 Å². The van der Waals surface area contributed by atoms with E-state index in [1.165, 1.54) is 17.1 Å². The van der Waals surface area contributed by atoms with Crippen LogP contribution in [-0.2, 0) is 0 Å². The second-order valence-electron chi connectivity index (χ2n) is 5.79. The molecule has 5 heteroatoms. The maximum absolute atomic E-state index is 12.7. The summed E-state index contributed by atoms with van der Waals surface area (Å²) in [4.78, 5) is 15.3. The number of amides is 1. The van der Waals surface area contributed by atoms with Crippen LogP contribution in [0.2, 0.25) is 0 Å². The molecule has 0 atom stereocenters. The zero-order valence-electron chi connectivity index (χ0n) is 12.4. The Balaban J connectivity index is 1.85. The molecule has 0 bridgehead atoms. The van der Waals surface area contributed by atoms with Crippen LogP contribution in [0.15, 0.2) is 24.3 Å². The Morgan fingerprint density at radius 3 is 2.57 bits per heavy atom. The van der Waals surface area contributed by atoms with E-state index in [0.717, 1.165) is 31.5 Å². The van der Waals surface area contributed by atoms with E-state index in [1.807, 2.05) is 36.1 Å². The fourth-order valence-corrected chi connectivity index (χ4v) is 3.24. The quantitative estimate of drug-likeness (QED) is 0.854. The number of nitrogens with zero attached hydrogens (tertiary/aromatic N) is 3. The van der Waals surface area contributed by atoms with Crippen LogP contribution < -0.4 is 0 Å². The first-order chi connectivity index (χ1) is 10.1. The number of carbonyl (C=O) groups excluding carboxylic acids is 1. The normalized spacial score (nSPS) is 16.2. The van der Waals surface area contributed by atoms with E-state index < -0.39 is 0 Å². The zero-order valence-corrected chi connectivity index (χ0v) is 13.2. The molecule has 1 aliphatic heterocycles. The lowest BCUT2D eigenvalue weighted by molar-refractivity contribution is 0.0702. The molecule has 1 aromatic carbocycles. The lowest BCUT2D eigenvalue weighted by Crippen LogP contribution is -2.37. The molecule has 0 radical (unpaired) electrons. The van der Waals surface area contributed by atoms with E-state index in [4.69, 9.17) is 0 Å². The van der Waals surface area contributed by atoms with Crippen molar-refractivity contribution in [3.8, 4) is 11.3 Å². The molecule has 1 aliphatic rings. The van der Waals surface area contributed by atoms with Crippen molar-refractivity contribution in [1.82, 2.24) is 14.5 Å². The van der Waals surface area contributed by atoms with Gasteiger partial charge >= 0.3 is 0 Å². The number of rotatable bonds is 2. The van der Waals surface area contributed by atoms with Gasteiger partial charge in [0.05, 0.1) is 0 Å². The Labute approximate surface area is 129 Å². The number of aromatic nitrogens is 2. The molecule has 1 amide bonds. The molecule has 110 valence electrons. The number of hydrogen-bond acceptors (Lipinski definition) is 4. The van der Waals surface area contributed by atoms with Gasteiger partial charge in [-0.1, -0.05) is 41.2 Å². The summed E-state index contributed by atoms with van der Waals surface area (Å²) in [7, 11) is 0. The first-order valence-corrected chi connectivity index (χ1v) is 8.11. The van der Waals surface area contributed by atoms with Gasteiger partial charge in [-0.15, -0.1) is 5.10 Å². The molecule has 21 heavy (non-hydrogen) atoms. The van der Waals surface area contributed by atoms with Crippen LogP contribution in [0.3, 0.4) is 0 Å². The Hall–Kier alpha value is -1.75. The van der Waals surface area contributed by atoms with Crippen LogP contribution in [0.25, 0.3) is 11.3 Å². The molecule has 0 N–H and O–H groups in total. The van der Waals surface area contributed by atoms with Gasteiger partial charge in [0.25, 0.3) is 5.91 Å². The summed E-state index contributed by atoms with van der Waals surface area (Å²) in [5, 5.41) is 4.17. The molecule has 0 unspecified atom stereocenters. The SMILES string of the molecule is Cc1ccc(-c2nnsc2C(=O)N2CCC(C)CC2)cc1. The number of aryl methyl sites for hydroxylation is 1. The number of carbonyl (C=O) groups is 1. The maximum Gasteiger partial charge on any atom is 0.267 e. The highest BCUT2D eigenvalue weighted by Crippen LogP contribution is 2.27. The van der Waals surface area contributed by atoms with Crippen LogP contribution in [0.1, 0.15) is 35.0 Å². The fourth-order valence-electron chi connectivity index (χ4n) is 2.59. The first kappa shape index (κ1) is 14.2. The summed E-state index contributed by atoms with van der Waals surface area (Å²) in [6, 6.07) is 8.07. The van der Waals surface area contributed by atoms with Crippen molar-refractivity contribution in [3.63, 3.8) is 0 Å². The van der Waals surface area contributed by atoms with Gasteiger partial charge in [0.1, 0.15) is 10.6 Å². The highest BCUT2D eigenvalue weighted by molar-refractivity contribution is 7.08. The molecule has 0 spiro atoms. The summed E-state index contributed by atoms with van der Waals surface area (Å²) in [6.07, 6.45) is 2.16. The number of likely N-dealkylation sites (tertiary alicyclic amines) is 1. The molecule has 0 aliphatic carbocycles. The van der Waals surface area contributed by atoms with Crippen LogP contribution in [0, 0.1) is 12.8 Å². The van der Waals surface area contributed by atoms with Gasteiger partial charge in [-0.05, 0) is 37.2 Å². The minimum atomic E-state index is 0.0764. The topological polar surface area (TPSA) is 46.1 Å². The first-order valence-electron chi connectivity index (χ1n) is 7.34. The average molecular weight is 301 g/mol. The van der Waals surface area contributed by atoms with E-state index in [9.17, 15) is 4.79 Å². The van der Waals surface area contributed by atoms with Crippen molar-refractivity contribution < 1.29 is 4.79 Å². The number of piperidine rings is 1. The Bertz CT molecular complexity index is 627. The minimum absolute atomic E-state index is 0.0764. The summed E-state index contributed by atoms with van der Waals surface area (Å²) < 4.78 is 4.00. The summed E-state index contributed by atoms with van der Waals surface area (Å²) in [5.74, 6) is 0.790. The van der Waals surface area contributed by atoms with Crippen LogP contribution in [-0.4, -0.2) is 33.5 Å². The maximum atomic E-state index is 12.7. The molecular formula is C16H19N3OS. The van der Waals surface area contributed by atoms with Crippen molar-refractivity contribution in [3.05, 3.63) is 34.7 Å². The molecule has 2 heterocycles. The molecule has 0 saturated carbocycles.